The van der Waals surface area contributed by atoms with E-state index in [9.17, 15) is 4.79 Å². The monoisotopic (exact) mass is 479 g/mol. The van der Waals surface area contributed by atoms with Crippen LogP contribution in [0.3, 0.4) is 0 Å². The molecule has 0 saturated heterocycles. The number of hydrogen-bond donors (Lipinski definition) is 0. The van der Waals surface area contributed by atoms with E-state index in [0.717, 1.165) is 29.6 Å². The fraction of sp³-hybridized carbons (Fsp3) is 0.250. The second-order valence-electron chi connectivity index (χ2n) is 7.24. The van der Waals surface area contributed by atoms with Crippen LogP contribution < -0.4 is 9.64 Å². The van der Waals surface area contributed by atoms with E-state index < -0.39 is 0 Å². The van der Waals surface area contributed by atoms with E-state index in [1.54, 1.807) is 23.8 Å². The lowest BCUT2D eigenvalue weighted by molar-refractivity contribution is -0.115. The van der Waals surface area contributed by atoms with E-state index in [1.165, 1.54) is 23.8 Å². The predicted octanol–water partition coefficient (Wildman–Crippen LogP) is 5.33. The molecule has 0 unspecified atom stereocenters. The minimum atomic E-state index is -0.121. The number of amides is 1. The molecule has 2 aromatic heterocycles. The summed E-state index contributed by atoms with van der Waals surface area (Å²) in [5.41, 5.74) is 2.77. The van der Waals surface area contributed by atoms with E-state index in [0.29, 0.717) is 22.3 Å². The highest BCUT2D eigenvalue weighted by Crippen LogP contribution is 2.36. The Bertz CT molecular complexity index is 1220. The van der Waals surface area contributed by atoms with Gasteiger partial charge in [0.2, 0.25) is 5.91 Å². The van der Waals surface area contributed by atoms with Gasteiger partial charge in [0.1, 0.15) is 11.6 Å². The number of thiazole rings is 1. The SMILES string of the molecule is CCn1c(Cc2ccccc2)nnc1SCc1csc(N(C(C)=O)c2ccccc2OC)n1. The number of ether oxygens (including phenoxy) is 1. The van der Waals surface area contributed by atoms with E-state index in [-0.39, 0.29) is 5.91 Å². The molecule has 0 spiro atoms. The van der Waals surface area contributed by atoms with Gasteiger partial charge in [0.05, 0.1) is 18.5 Å². The molecule has 0 saturated carbocycles. The van der Waals surface area contributed by atoms with E-state index in [2.05, 4.69) is 33.8 Å². The van der Waals surface area contributed by atoms with Gasteiger partial charge in [-0.15, -0.1) is 21.5 Å². The van der Waals surface area contributed by atoms with Crippen molar-refractivity contribution in [2.75, 3.05) is 12.0 Å². The molecule has 0 fully saturated rings. The number of nitrogens with zero attached hydrogens (tertiary/aromatic N) is 5. The lowest BCUT2D eigenvalue weighted by atomic mass is 10.1. The molecule has 1 amide bonds. The van der Waals surface area contributed by atoms with E-state index in [1.807, 2.05) is 47.8 Å². The van der Waals surface area contributed by atoms with Crippen LogP contribution in [-0.4, -0.2) is 32.8 Å². The number of anilines is 2. The van der Waals surface area contributed by atoms with Crippen molar-refractivity contribution < 1.29 is 9.53 Å². The van der Waals surface area contributed by atoms with Crippen LogP contribution in [0.5, 0.6) is 5.75 Å². The van der Waals surface area contributed by atoms with Crippen molar-refractivity contribution in [1.29, 1.82) is 0 Å². The molecule has 2 heterocycles. The Morgan fingerprint density at radius 1 is 1.12 bits per heavy atom. The minimum absolute atomic E-state index is 0.121. The summed E-state index contributed by atoms with van der Waals surface area (Å²) < 4.78 is 7.58. The summed E-state index contributed by atoms with van der Waals surface area (Å²) in [6.07, 6.45) is 0.746. The molecule has 2 aromatic carbocycles. The van der Waals surface area contributed by atoms with Gasteiger partial charge in [-0.05, 0) is 24.6 Å². The molecule has 9 heteroatoms. The summed E-state index contributed by atoms with van der Waals surface area (Å²) in [7, 11) is 1.59. The molecule has 4 aromatic rings. The quantitative estimate of drug-likeness (QED) is 0.302. The van der Waals surface area contributed by atoms with Gasteiger partial charge in [-0.1, -0.05) is 54.2 Å². The number of para-hydroxylation sites is 2. The topological polar surface area (TPSA) is 73.1 Å². The zero-order chi connectivity index (χ0) is 23.2. The number of rotatable bonds is 9. The summed E-state index contributed by atoms with van der Waals surface area (Å²) in [4.78, 5) is 18.8. The molecular weight excluding hydrogens is 454 g/mol. The number of hydrogen-bond acceptors (Lipinski definition) is 7. The Hall–Kier alpha value is -3.17. The van der Waals surface area contributed by atoms with Crippen LogP contribution >= 0.6 is 23.1 Å². The van der Waals surface area contributed by atoms with Gasteiger partial charge < -0.3 is 9.30 Å². The first-order chi connectivity index (χ1) is 16.1. The molecule has 0 N–H and O–H groups in total. The van der Waals surface area contributed by atoms with Crippen molar-refractivity contribution in [3.8, 4) is 5.75 Å². The third kappa shape index (κ3) is 5.26. The molecule has 0 radical (unpaired) electrons. The summed E-state index contributed by atoms with van der Waals surface area (Å²) in [6, 6.07) is 17.7. The predicted molar refractivity (Wildman–Crippen MR) is 132 cm³/mol. The number of methoxy groups -OCH3 is 1. The first-order valence-corrected chi connectivity index (χ1v) is 12.4. The average Bonchev–Trinajstić information content (AvgIpc) is 3.45. The van der Waals surface area contributed by atoms with E-state index in [4.69, 9.17) is 9.72 Å². The van der Waals surface area contributed by atoms with Crippen molar-refractivity contribution in [3.05, 3.63) is 77.1 Å². The number of thioether (sulfide) groups is 1. The van der Waals surface area contributed by atoms with Crippen LogP contribution in [0.4, 0.5) is 10.8 Å². The van der Waals surface area contributed by atoms with Crippen LogP contribution in [-0.2, 0) is 23.5 Å². The van der Waals surface area contributed by atoms with Crippen molar-refractivity contribution in [3.63, 3.8) is 0 Å². The van der Waals surface area contributed by atoms with Crippen molar-refractivity contribution >= 4 is 39.8 Å². The fourth-order valence-corrected chi connectivity index (χ4v) is 5.38. The number of aromatic nitrogens is 4. The molecule has 0 atom stereocenters. The number of benzene rings is 2. The number of carbonyl (C=O) groups is 1. The van der Waals surface area contributed by atoms with Crippen molar-refractivity contribution in [2.45, 2.75) is 37.7 Å². The second kappa shape index (κ2) is 10.6. The molecule has 33 heavy (non-hydrogen) atoms. The first-order valence-electron chi connectivity index (χ1n) is 10.6. The normalized spacial score (nSPS) is 10.9. The second-order valence-corrected chi connectivity index (χ2v) is 9.02. The molecular formula is C24H25N5O2S2. The zero-order valence-corrected chi connectivity index (χ0v) is 20.4. The summed E-state index contributed by atoms with van der Waals surface area (Å²) >= 11 is 3.03. The molecule has 4 rings (SSSR count). The average molecular weight is 480 g/mol. The fourth-order valence-electron chi connectivity index (χ4n) is 3.48. The third-order valence-electron chi connectivity index (χ3n) is 5.04. The van der Waals surface area contributed by atoms with Gasteiger partial charge in [0.15, 0.2) is 10.3 Å². The lowest BCUT2D eigenvalue weighted by Gasteiger charge is -2.20. The Kier molecular flexibility index (Phi) is 7.41. The summed E-state index contributed by atoms with van der Waals surface area (Å²) in [5, 5.41) is 12.3. The molecule has 7 nitrogen and oxygen atoms in total. The van der Waals surface area contributed by atoms with Crippen molar-refractivity contribution in [2.24, 2.45) is 0 Å². The molecule has 0 aliphatic carbocycles. The minimum Gasteiger partial charge on any atom is -0.495 e. The first kappa shape index (κ1) is 23.0. The van der Waals surface area contributed by atoms with Crippen LogP contribution in [0, 0.1) is 0 Å². The summed E-state index contributed by atoms with van der Waals surface area (Å²) in [6.45, 7) is 4.42. The van der Waals surface area contributed by atoms with Gasteiger partial charge in [-0.2, -0.15) is 0 Å². The summed E-state index contributed by atoms with van der Waals surface area (Å²) in [5.74, 6) is 2.09. The van der Waals surface area contributed by atoms with Gasteiger partial charge in [0.25, 0.3) is 0 Å². The zero-order valence-electron chi connectivity index (χ0n) is 18.8. The smallest absolute Gasteiger partial charge is 0.230 e. The molecule has 0 aliphatic heterocycles. The van der Waals surface area contributed by atoms with Crippen LogP contribution in [0.15, 0.2) is 65.1 Å². The van der Waals surface area contributed by atoms with Gasteiger partial charge in [-0.25, -0.2) is 4.98 Å². The molecule has 0 bridgehead atoms. The van der Waals surface area contributed by atoms with Gasteiger partial charge in [0, 0.05) is 31.0 Å². The molecule has 170 valence electrons. The van der Waals surface area contributed by atoms with Gasteiger partial charge >= 0.3 is 0 Å². The Morgan fingerprint density at radius 3 is 2.61 bits per heavy atom. The number of carbonyl (C=O) groups excluding carboxylic acids is 1. The van der Waals surface area contributed by atoms with Crippen LogP contribution in [0.2, 0.25) is 0 Å². The maximum absolute atomic E-state index is 12.4. The standard InChI is InChI=1S/C24H25N5O2S2/c1-4-28-22(14-18-10-6-5-7-11-18)26-27-24(28)33-16-19-15-32-23(25-19)29(17(2)30)20-12-8-9-13-21(20)31-3/h5-13,15H,4,14,16H2,1-3H3. The van der Waals surface area contributed by atoms with E-state index >= 15 is 0 Å². The van der Waals surface area contributed by atoms with Gasteiger partial charge in [-0.3, -0.25) is 9.69 Å². The van der Waals surface area contributed by atoms with Crippen molar-refractivity contribution in [1.82, 2.24) is 19.7 Å². The highest BCUT2D eigenvalue weighted by atomic mass is 32.2. The Balaban J connectivity index is 1.49. The lowest BCUT2D eigenvalue weighted by Crippen LogP contribution is -2.23. The Labute approximate surface area is 201 Å². The molecule has 0 aliphatic rings. The largest absolute Gasteiger partial charge is 0.495 e. The highest BCUT2D eigenvalue weighted by molar-refractivity contribution is 7.98. The maximum Gasteiger partial charge on any atom is 0.230 e. The highest BCUT2D eigenvalue weighted by Gasteiger charge is 2.21. The third-order valence-corrected chi connectivity index (χ3v) is 6.91. The maximum atomic E-state index is 12.4. The van der Waals surface area contributed by atoms with Crippen LogP contribution in [0.1, 0.15) is 30.9 Å². The Morgan fingerprint density at radius 2 is 1.88 bits per heavy atom. The van der Waals surface area contributed by atoms with Crippen LogP contribution in [0.25, 0.3) is 0 Å².